The quantitative estimate of drug-likeness (QED) is 0.583. The lowest BCUT2D eigenvalue weighted by Crippen LogP contribution is -2.33. The van der Waals surface area contributed by atoms with Crippen molar-refractivity contribution >= 4 is 5.91 Å². The van der Waals surface area contributed by atoms with Gasteiger partial charge in [0, 0.05) is 20.0 Å². The van der Waals surface area contributed by atoms with Gasteiger partial charge in [0.1, 0.15) is 0 Å². The third-order valence-corrected chi connectivity index (χ3v) is 2.06. The predicted octanol–water partition coefficient (Wildman–Crippen LogP) is 2.68. The highest BCUT2D eigenvalue weighted by molar-refractivity contribution is 5.73. The van der Waals surface area contributed by atoms with Crippen molar-refractivity contribution in [2.75, 3.05) is 13.1 Å². The zero-order chi connectivity index (χ0) is 10.3. The maximum absolute atomic E-state index is 11.2. The van der Waals surface area contributed by atoms with Crippen molar-refractivity contribution in [3.8, 4) is 0 Å². The van der Waals surface area contributed by atoms with Crippen LogP contribution < -0.4 is 0 Å². The van der Waals surface area contributed by atoms with Crippen LogP contribution in [0, 0.1) is 5.92 Å². The van der Waals surface area contributed by atoms with Crippen LogP contribution in [0.3, 0.4) is 0 Å². The highest BCUT2D eigenvalue weighted by atomic mass is 16.2. The Kier molecular flexibility index (Phi) is 6.65. The van der Waals surface area contributed by atoms with Crippen LogP contribution >= 0.6 is 0 Å². The molecule has 0 unspecified atom stereocenters. The average Bonchev–Trinajstić information content (AvgIpc) is 2.02. The van der Waals surface area contributed by atoms with Gasteiger partial charge in [0.15, 0.2) is 0 Å². The van der Waals surface area contributed by atoms with Crippen LogP contribution in [-0.4, -0.2) is 23.9 Å². The molecule has 0 rings (SSSR count). The molecule has 0 bridgehead atoms. The average molecular weight is 185 g/mol. The van der Waals surface area contributed by atoms with Crippen LogP contribution in [0.1, 0.15) is 47.0 Å². The van der Waals surface area contributed by atoms with E-state index in [1.54, 1.807) is 6.92 Å². The monoisotopic (exact) mass is 185 g/mol. The van der Waals surface area contributed by atoms with E-state index in [-0.39, 0.29) is 5.91 Å². The van der Waals surface area contributed by atoms with Crippen molar-refractivity contribution in [3.05, 3.63) is 0 Å². The Labute approximate surface area is 82.3 Å². The summed E-state index contributed by atoms with van der Waals surface area (Å²) in [6.45, 7) is 9.97. The summed E-state index contributed by atoms with van der Waals surface area (Å²) in [5, 5.41) is 0. The lowest BCUT2D eigenvalue weighted by atomic mass is 10.2. The molecule has 0 radical (unpaired) electrons. The SMILES string of the molecule is CCCCCN(CC(C)C)C(C)=O. The predicted molar refractivity (Wildman–Crippen MR) is 56.6 cm³/mol. The third kappa shape index (κ3) is 6.62. The maximum atomic E-state index is 11.2. The molecule has 0 aliphatic rings. The van der Waals surface area contributed by atoms with E-state index in [9.17, 15) is 4.79 Å². The van der Waals surface area contributed by atoms with Gasteiger partial charge in [-0.3, -0.25) is 4.79 Å². The van der Waals surface area contributed by atoms with Gasteiger partial charge >= 0.3 is 0 Å². The van der Waals surface area contributed by atoms with Crippen molar-refractivity contribution in [2.24, 2.45) is 5.92 Å². The van der Waals surface area contributed by atoms with E-state index < -0.39 is 0 Å². The number of rotatable bonds is 6. The molecule has 13 heavy (non-hydrogen) atoms. The third-order valence-electron chi connectivity index (χ3n) is 2.06. The first-order valence-electron chi connectivity index (χ1n) is 5.33. The van der Waals surface area contributed by atoms with E-state index >= 15 is 0 Å². The Morgan fingerprint density at radius 1 is 1.31 bits per heavy atom. The molecule has 2 heteroatoms. The highest BCUT2D eigenvalue weighted by Crippen LogP contribution is 2.03. The summed E-state index contributed by atoms with van der Waals surface area (Å²) in [4.78, 5) is 13.2. The van der Waals surface area contributed by atoms with Gasteiger partial charge in [-0.15, -0.1) is 0 Å². The summed E-state index contributed by atoms with van der Waals surface area (Å²) < 4.78 is 0. The Hall–Kier alpha value is -0.530. The fraction of sp³-hybridized carbons (Fsp3) is 0.909. The molecule has 0 aliphatic heterocycles. The van der Waals surface area contributed by atoms with Gasteiger partial charge in [0.05, 0.1) is 0 Å². The molecule has 0 atom stereocenters. The van der Waals surface area contributed by atoms with Crippen LogP contribution in [-0.2, 0) is 4.79 Å². The van der Waals surface area contributed by atoms with Crippen LogP contribution in [0.15, 0.2) is 0 Å². The van der Waals surface area contributed by atoms with E-state index in [0.29, 0.717) is 5.92 Å². The summed E-state index contributed by atoms with van der Waals surface area (Å²) in [5.41, 5.74) is 0. The Bertz CT molecular complexity index is 143. The highest BCUT2D eigenvalue weighted by Gasteiger charge is 2.08. The van der Waals surface area contributed by atoms with Crippen LogP contribution in [0.4, 0.5) is 0 Å². The lowest BCUT2D eigenvalue weighted by Gasteiger charge is -2.22. The van der Waals surface area contributed by atoms with E-state index in [1.165, 1.54) is 12.8 Å². The second-order valence-electron chi connectivity index (χ2n) is 4.07. The Morgan fingerprint density at radius 2 is 1.92 bits per heavy atom. The van der Waals surface area contributed by atoms with E-state index in [1.807, 2.05) is 4.90 Å². The zero-order valence-electron chi connectivity index (χ0n) is 9.47. The topological polar surface area (TPSA) is 20.3 Å². The second-order valence-corrected chi connectivity index (χ2v) is 4.07. The van der Waals surface area contributed by atoms with Gasteiger partial charge in [-0.2, -0.15) is 0 Å². The molecule has 0 aromatic heterocycles. The summed E-state index contributed by atoms with van der Waals surface area (Å²) in [6.07, 6.45) is 3.58. The number of carbonyl (C=O) groups is 1. The second kappa shape index (κ2) is 6.93. The molecular formula is C11H23NO. The molecule has 0 fully saturated rings. The minimum Gasteiger partial charge on any atom is -0.343 e. The molecule has 0 saturated heterocycles. The van der Waals surface area contributed by atoms with Crippen molar-refractivity contribution < 1.29 is 4.79 Å². The van der Waals surface area contributed by atoms with Crippen molar-refractivity contribution in [3.63, 3.8) is 0 Å². The van der Waals surface area contributed by atoms with Gasteiger partial charge in [-0.1, -0.05) is 33.6 Å². The molecule has 0 aromatic rings. The minimum absolute atomic E-state index is 0.213. The summed E-state index contributed by atoms with van der Waals surface area (Å²) in [6, 6.07) is 0. The van der Waals surface area contributed by atoms with Crippen LogP contribution in [0.25, 0.3) is 0 Å². The first-order chi connectivity index (χ1) is 6.07. The fourth-order valence-electron chi connectivity index (χ4n) is 1.37. The molecular weight excluding hydrogens is 162 g/mol. The minimum atomic E-state index is 0.213. The van der Waals surface area contributed by atoms with E-state index in [2.05, 4.69) is 20.8 Å². The smallest absolute Gasteiger partial charge is 0.219 e. The molecule has 0 aromatic carbocycles. The number of unbranched alkanes of at least 4 members (excludes halogenated alkanes) is 2. The van der Waals surface area contributed by atoms with Crippen LogP contribution in [0.2, 0.25) is 0 Å². The molecule has 78 valence electrons. The number of amides is 1. The normalized spacial score (nSPS) is 10.5. The fourth-order valence-corrected chi connectivity index (χ4v) is 1.37. The Morgan fingerprint density at radius 3 is 2.31 bits per heavy atom. The molecule has 0 aliphatic carbocycles. The number of carbonyl (C=O) groups excluding carboxylic acids is 1. The molecule has 0 heterocycles. The molecule has 0 spiro atoms. The van der Waals surface area contributed by atoms with Crippen molar-refractivity contribution in [1.82, 2.24) is 4.90 Å². The van der Waals surface area contributed by atoms with Crippen molar-refractivity contribution in [2.45, 2.75) is 47.0 Å². The first-order valence-corrected chi connectivity index (χ1v) is 5.33. The largest absolute Gasteiger partial charge is 0.343 e. The summed E-state index contributed by atoms with van der Waals surface area (Å²) in [7, 11) is 0. The van der Waals surface area contributed by atoms with Gasteiger partial charge in [-0.05, 0) is 12.3 Å². The zero-order valence-corrected chi connectivity index (χ0v) is 9.47. The molecule has 0 saturated carbocycles. The van der Waals surface area contributed by atoms with Gasteiger partial charge in [0.2, 0.25) is 5.91 Å². The first kappa shape index (κ1) is 12.5. The van der Waals surface area contributed by atoms with E-state index in [4.69, 9.17) is 0 Å². The number of hydrogen-bond donors (Lipinski definition) is 0. The molecule has 1 amide bonds. The standard InChI is InChI=1S/C11H23NO/c1-5-6-7-8-12(11(4)13)9-10(2)3/h10H,5-9H2,1-4H3. The molecule has 2 nitrogen and oxygen atoms in total. The van der Waals surface area contributed by atoms with Gasteiger partial charge < -0.3 is 4.90 Å². The Balaban J connectivity index is 3.74. The summed E-state index contributed by atoms with van der Waals surface area (Å²) in [5.74, 6) is 0.787. The van der Waals surface area contributed by atoms with Gasteiger partial charge in [0.25, 0.3) is 0 Å². The lowest BCUT2D eigenvalue weighted by molar-refractivity contribution is -0.129. The summed E-state index contributed by atoms with van der Waals surface area (Å²) >= 11 is 0. The maximum Gasteiger partial charge on any atom is 0.219 e. The number of nitrogens with zero attached hydrogens (tertiary/aromatic N) is 1. The molecule has 0 N–H and O–H groups in total. The van der Waals surface area contributed by atoms with Crippen LogP contribution in [0.5, 0.6) is 0 Å². The van der Waals surface area contributed by atoms with Crippen molar-refractivity contribution in [1.29, 1.82) is 0 Å². The van der Waals surface area contributed by atoms with E-state index in [0.717, 1.165) is 19.5 Å². The number of hydrogen-bond acceptors (Lipinski definition) is 1. The van der Waals surface area contributed by atoms with Gasteiger partial charge in [-0.25, -0.2) is 0 Å².